The Kier molecular flexibility index (Phi) is 6.00. The highest BCUT2D eigenvalue weighted by atomic mass is 19.4. The molecule has 4 aliphatic rings. The fourth-order valence-corrected chi connectivity index (χ4v) is 6.52. The second-order valence-electron chi connectivity index (χ2n) is 10.6. The number of nitriles is 1. The number of aromatic nitrogens is 1. The fraction of sp³-hybridized carbons (Fsp3) is 0.519. The lowest BCUT2D eigenvalue weighted by Crippen LogP contribution is -2.63. The number of piperazine rings is 1. The summed E-state index contributed by atoms with van der Waals surface area (Å²) >= 11 is 0. The molecule has 3 fully saturated rings. The molecule has 11 heteroatoms. The lowest BCUT2D eigenvalue weighted by Gasteiger charge is -2.48. The highest BCUT2D eigenvalue weighted by molar-refractivity contribution is 5.99. The standard InChI is InChI=1S/C27H30F3N7O/c1-34-25(38)19-4-2-3-5-21(19)26(34)6-10-36(11-7-26)23-14-22(20(15-31)24(33-23)27(28,29)30)37-16-18(17-37)35-12-8-32-9-13-35/h2-5,14,18,32H,6-13,16-17H2,1H3. The molecule has 38 heavy (non-hydrogen) atoms. The topological polar surface area (TPSA) is 78.7 Å². The van der Waals surface area contributed by atoms with Gasteiger partial charge in [0.15, 0.2) is 5.69 Å². The van der Waals surface area contributed by atoms with E-state index >= 15 is 0 Å². The zero-order chi connectivity index (χ0) is 26.7. The smallest absolute Gasteiger partial charge is 0.367 e. The van der Waals surface area contributed by atoms with Crippen molar-refractivity contribution in [1.29, 1.82) is 5.26 Å². The fourth-order valence-electron chi connectivity index (χ4n) is 6.52. The summed E-state index contributed by atoms with van der Waals surface area (Å²) in [6, 6.07) is 11.3. The summed E-state index contributed by atoms with van der Waals surface area (Å²) in [5, 5.41) is 13.1. The van der Waals surface area contributed by atoms with Crippen molar-refractivity contribution in [3.63, 3.8) is 0 Å². The molecule has 1 amide bonds. The van der Waals surface area contributed by atoms with Crippen LogP contribution in [0.1, 0.15) is 40.0 Å². The van der Waals surface area contributed by atoms with Crippen molar-refractivity contribution in [1.82, 2.24) is 20.1 Å². The van der Waals surface area contributed by atoms with E-state index in [1.165, 1.54) is 0 Å². The number of nitrogens with one attached hydrogen (secondary N) is 1. The number of nitrogens with zero attached hydrogens (tertiary/aromatic N) is 6. The van der Waals surface area contributed by atoms with Gasteiger partial charge in [0.1, 0.15) is 17.5 Å². The van der Waals surface area contributed by atoms with Gasteiger partial charge in [-0.1, -0.05) is 18.2 Å². The quantitative estimate of drug-likeness (QED) is 0.660. The molecule has 1 aromatic heterocycles. The monoisotopic (exact) mass is 525 g/mol. The Hall–Kier alpha value is -3.36. The van der Waals surface area contributed by atoms with Gasteiger partial charge in [0.05, 0.1) is 11.2 Å². The normalized spacial score (nSPS) is 22.0. The third-order valence-electron chi connectivity index (χ3n) is 8.76. The molecule has 0 saturated carbocycles. The number of carbonyl (C=O) groups excluding carboxylic acids is 1. The van der Waals surface area contributed by atoms with Gasteiger partial charge in [-0.15, -0.1) is 0 Å². The maximum Gasteiger partial charge on any atom is 0.434 e. The average Bonchev–Trinajstić information content (AvgIpc) is 3.10. The minimum Gasteiger partial charge on any atom is -0.367 e. The van der Waals surface area contributed by atoms with Crippen LogP contribution in [0.3, 0.4) is 0 Å². The van der Waals surface area contributed by atoms with Crippen molar-refractivity contribution in [3.8, 4) is 6.07 Å². The molecule has 0 unspecified atom stereocenters. The molecule has 1 spiro atoms. The van der Waals surface area contributed by atoms with Crippen LogP contribution >= 0.6 is 0 Å². The number of fused-ring (bicyclic) bond motifs is 2. The number of carbonyl (C=O) groups is 1. The molecule has 200 valence electrons. The predicted molar refractivity (Wildman–Crippen MR) is 136 cm³/mol. The Morgan fingerprint density at radius 1 is 1.08 bits per heavy atom. The maximum absolute atomic E-state index is 14.1. The number of anilines is 2. The van der Waals surface area contributed by atoms with E-state index in [0.717, 1.165) is 31.7 Å². The number of halogens is 3. The molecule has 0 atom stereocenters. The third-order valence-corrected chi connectivity index (χ3v) is 8.76. The molecule has 0 radical (unpaired) electrons. The summed E-state index contributed by atoms with van der Waals surface area (Å²) < 4.78 is 42.3. The number of piperidine rings is 1. The van der Waals surface area contributed by atoms with E-state index in [1.54, 1.807) is 24.1 Å². The van der Waals surface area contributed by atoms with E-state index in [9.17, 15) is 23.2 Å². The first-order valence-electron chi connectivity index (χ1n) is 13.1. The highest BCUT2D eigenvalue weighted by Gasteiger charge is 2.49. The SMILES string of the molecule is CN1C(=O)c2ccccc2C12CCN(c1cc(N3CC(N4CCNCC4)C3)c(C#N)c(C(F)(F)F)n1)CC2. The third kappa shape index (κ3) is 3.89. The van der Waals surface area contributed by atoms with Gasteiger partial charge in [0.25, 0.3) is 5.91 Å². The van der Waals surface area contributed by atoms with Crippen LogP contribution < -0.4 is 15.1 Å². The first-order chi connectivity index (χ1) is 18.2. The van der Waals surface area contributed by atoms with Crippen LogP contribution in [0.25, 0.3) is 0 Å². The molecule has 4 aliphatic heterocycles. The Morgan fingerprint density at radius 3 is 2.42 bits per heavy atom. The summed E-state index contributed by atoms with van der Waals surface area (Å²) in [6.45, 7) is 5.70. The van der Waals surface area contributed by atoms with Gasteiger partial charge in [-0.3, -0.25) is 9.69 Å². The van der Waals surface area contributed by atoms with Crippen molar-refractivity contribution >= 4 is 17.4 Å². The van der Waals surface area contributed by atoms with Gasteiger partial charge in [-0.2, -0.15) is 18.4 Å². The molecule has 8 nitrogen and oxygen atoms in total. The Bertz CT molecular complexity index is 1290. The number of alkyl halides is 3. The van der Waals surface area contributed by atoms with Crippen molar-refractivity contribution in [2.75, 3.05) is 69.2 Å². The minimum atomic E-state index is -4.74. The van der Waals surface area contributed by atoms with Crippen LogP contribution in [0, 0.1) is 11.3 Å². The van der Waals surface area contributed by atoms with E-state index in [-0.39, 0.29) is 17.8 Å². The Balaban J connectivity index is 1.28. The van der Waals surface area contributed by atoms with Crippen molar-refractivity contribution in [3.05, 3.63) is 52.7 Å². The molecule has 3 saturated heterocycles. The van der Waals surface area contributed by atoms with E-state index < -0.39 is 23.0 Å². The molecule has 0 bridgehead atoms. The summed E-state index contributed by atoms with van der Waals surface area (Å²) in [6.07, 6.45) is -3.58. The molecule has 6 rings (SSSR count). The molecule has 5 heterocycles. The van der Waals surface area contributed by atoms with Gasteiger partial charge in [-0.25, -0.2) is 4.98 Å². The predicted octanol–water partition coefficient (Wildman–Crippen LogP) is 2.65. The van der Waals surface area contributed by atoms with Crippen LogP contribution in [0.4, 0.5) is 24.7 Å². The van der Waals surface area contributed by atoms with E-state index in [4.69, 9.17) is 0 Å². The van der Waals surface area contributed by atoms with E-state index in [1.807, 2.05) is 34.1 Å². The second kappa shape index (κ2) is 9.13. The van der Waals surface area contributed by atoms with E-state index in [0.29, 0.717) is 50.3 Å². The number of pyridine rings is 1. The first kappa shape index (κ1) is 24.9. The van der Waals surface area contributed by atoms with Crippen LogP contribution in [-0.2, 0) is 11.7 Å². The van der Waals surface area contributed by atoms with Crippen LogP contribution in [-0.4, -0.2) is 86.1 Å². The summed E-state index contributed by atoms with van der Waals surface area (Å²) in [5.74, 6) is 0.205. The summed E-state index contributed by atoms with van der Waals surface area (Å²) in [4.78, 5) is 24.7. The Labute approximate surface area is 219 Å². The molecule has 1 N–H and O–H groups in total. The lowest BCUT2D eigenvalue weighted by atomic mass is 9.81. The lowest BCUT2D eigenvalue weighted by molar-refractivity contribution is -0.141. The molecular weight excluding hydrogens is 495 g/mol. The second-order valence-corrected chi connectivity index (χ2v) is 10.6. The highest BCUT2D eigenvalue weighted by Crippen LogP contribution is 2.46. The van der Waals surface area contributed by atoms with Gasteiger partial charge >= 0.3 is 6.18 Å². The van der Waals surface area contributed by atoms with Gasteiger partial charge in [0, 0.05) is 77.1 Å². The van der Waals surface area contributed by atoms with Crippen LogP contribution in [0.5, 0.6) is 0 Å². The molecule has 0 aliphatic carbocycles. The number of amides is 1. The van der Waals surface area contributed by atoms with Crippen LogP contribution in [0.15, 0.2) is 30.3 Å². The number of benzene rings is 1. The summed E-state index contributed by atoms with van der Waals surface area (Å²) in [5.41, 5.74) is -0.0366. The number of hydrogen-bond donors (Lipinski definition) is 1. The average molecular weight is 526 g/mol. The molecule has 1 aromatic carbocycles. The van der Waals surface area contributed by atoms with Crippen molar-refractivity contribution < 1.29 is 18.0 Å². The summed E-state index contributed by atoms with van der Waals surface area (Å²) in [7, 11) is 1.80. The number of rotatable bonds is 3. The van der Waals surface area contributed by atoms with Crippen molar-refractivity contribution in [2.24, 2.45) is 0 Å². The van der Waals surface area contributed by atoms with Gasteiger partial charge in [0.2, 0.25) is 0 Å². The Morgan fingerprint density at radius 2 is 1.76 bits per heavy atom. The van der Waals surface area contributed by atoms with Crippen molar-refractivity contribution in [2.45, 2.75) is 30.6 Å². The zero-order valence-electron chi connectivity index (χ0n) is 21.3. The molecular formula is C27H30F3N7O. The largest absolute Gasteiger partial charge is 0.434 e. The van der Waals surface area contributed by atoms with Crippen LogP contribution in [0.2, 0.25) is 0 Å². The van der Waals surface area contributed by atoms with Gasteiger partial charge in [-0.05, 0) is 24.5 Å². The number of hydrogen-bond acceptors (Lipinski definition) is 7. The zero-order valence-corrected chi connectivity index (χ0v) is 21.3. The van der Waals surface area contributed by atoms with Gasteiger partial charge < -0.3 is 20.0 Å². The molecule has 2 aromatic rings. The van der Waals surface area contributed by atoms with E-state index in [2.05, 4.69) is 15.2 Å². The first-order valence-corrected chi connectivity index (χ1v) is 13.1. The maximum atomic E-state index is 14.1. The minimum absolute atomic E-state index is 0.0241.